The van der Waals surface area contributed by atoms with Crippen LogP contribution in [0.2, 0.25) is 0 Å². The van der Waals surface area contributed by atoms with Gasteiger partial charge in [0, 0.05) is 11.1 Å². The molecule has 1 amide bonds. The van der Waals surface area contributed by atoms with Gasteiger partial charge in [-0.15, -0.1) is 11.3 Å². The summed E-state index contributed by atoms with van der Waals surface area (Å²) in [7, 11) is 0. The third-order valence-corrected chi connectivity index (χ3v) is 4.95. The Balaban J connectivity index is 1.78. The standard InChI is InChI=1S/C16H18N2OS/c1-10-3-4-13-12(7-10)9-14(20-13)16(19)18-15-8-11(2)5-6-17-15/h5-6,8-10H,3-4,7H2,1-2H3,(H,17,18,19)/t10-/m0/s1. The number of fused-ring (bicyclic) bond motifs is 1. The number of hydrogen-bond donors (Lipinski definition) is 1. The van der Waals surface area contributed by atoms with E-state index in [9.17, 15) is 4.79 Å². The lowest BCUT2D eigenvalue weighted by molar-refractivity contribution is 0.103. The molecular weight excluding hydrogens is 268 g/mol. The van der Waals surface area contributed by atoms with Crippen molar-refractivity contribution >= 4 is 23.1 Å². The fourth-order valence-corrected chi connectivity index (χ4v) is 3.70. The van der Waals surface area contributed by atoms with Gasteiger partial charge in [0.2, 0.25) is 0 Å². The number of nitrogens with one attached hydrogen (secondary N) is 1. The normalized spacial score (nSPS) is 17.6. The minimum absolute atomic E-state index is 0.0462. The first-order valence-electron chi connectivity index (χ1n) is 6.97. The molecule has 0 saturated heterocycles. The van der Waals surface area contributed by atoms with E-state index in [-0.39, 0.29) is 5.91 Å². The molecule has 104 valence electrons. The summed E-state index contributed by atoms with van der Waals surface area (Å²) in [5, 5.41) is 2.88. The maximum Gasteiger partial charge on any atom is 0.266 e. The summed E-state index contributed by atoms with van der Waals surface area (Å²) in [6, 6.07) is 5.86. The molecule has 1 aliphatic rings. The summed E-state index contributed by atoms with van der Waals surface area (Å²) in [6.45, 7) is 4.26. The van der Waals surface area contributed by atoms with Crippen LogP contribution in [0.15, 0.2) is 24.4 Å². The number of pyridine rings is 1. The molecule has 0 bridgehead atoms. The molecule has 0 fully saturated rings. The van der Waals surface area contributed by atoms with Gasteiger partial charge in [0.15, 0.2) is 0 Å². The Kier molecular flexibility index (Phi) is 3.57. The van der Waals surface area contributed by atoms with E-state index < -0.39 is 0 Å². The Morgan fingerprint density at radius 3 is 3.10 bits per heavy atom. The molecule has 0 radical (unpaired) electrons. The molecule has 0 unspecified atom stereocenters. The van der Waals surface area contributed by atoms with Crippen LogP contribution in [0.25, 0.3) is 0 Å². The van der Waals surface area contributed by atoms with Crippen LogP contribution in [0, 0.1) is 12.8 Å². The minimum atomic E-state index is -0.0462. The highest BCUT2D eigenvalue weighted by molar-refractivity contribution is 7.14. The van der Waals surface area contributed by atoms with Crippen molar-refractivity contribution in [3.05, 3.63) is 45.3 Å². The van der Waals surface area contributed by atoms with Gasteiger partial charge in [0.25, 0.3) is 5.91 Å². The second-order valence-electron chi connectivity index (χ2n) is 5.58. The number of anilines is 1. The summed E-state index contributed by atoms with van der Waals surface area (Å²) in [5.74, 6) is 1.30. The van der Waals surface area contributed by atoms with Crippen molar-refractivity contribution in [3.8, 4) is 0 Å². The van der Waals surface area contributed by atoms with Crippen LogP contribution in [0.4, 0.5) is 5.82 Å². The lowest BCUT2D eigenvalue weighted by Gasteiger charge is -2.16. The number of thiophene rings is 1. The Morgan fingerprint density at radius 2 is 2.30 bits per heavy atom. The van der Waals surface area contributed by atoms with E-state index in [1.54, 1.807) is 17.5 Å². The van der Waals surface area contributed by atoms with E-state index in [0.29, 0.717) is 5.82 Å². The number of hydrogen-bond acceptors (Lipinski definition) is 3. The molecule has 2 heterocycles. The highest BCUT2D eigenvalue weighted by atomic mass is 32.1. The van der Waals surface area contributed by atoms with Crippen LogP contribution in [-0.4, -0.2) is 10.9 Å². The van der Waals surface area contributed by atoms with Crippen molar-refractivity contribution in [1.82, 2.24) is 4.98 Å². The Labute approximate surface area is 123 Å². The lowest BCUT2D eigenvalue weighted by Crippen LogP contribution is -2.11. The topological polar surface area (TPSA) is 42.0 Å². The van der Waals surface area contributed by atoms with Crippen LogP contribution in [0.5, 0.6) is 0 Å². The number of aromatic nitrogens is 1. The Bertz CT molecular complexity index is 648. The van der Waals surface area contributed by atoms with Gasteiger partial charge in [-0.3, -0.25) is 4.79 Å². The average Bonchev–Trinajstić information content (AvgIpc) is 2.81. The van der Waals surface area contributed by atoms with Crippen LogP contribution in [0.1, 0.15) is 39.0 Å². The first kappa shape index (κ1) is 13.3. The third-order valence-electron chi connectivity index (χ3n) is 3.71. The van der Waals surface area contributed by atoms with Gasteiger partial charge in [-0.25, -0.2) is 4.98 Å². The quantitative estimate of drug-likeness (QED) is 0.911. The summed E-state index contributed by atoms with van der Waals surface area (Å²) in [6.07, 6.45) is 5.15. The first-order chi connectivity index (χ1) is 9.61. The maximum absolute atomic E-state index is 12.3. The first-order valence-corrected chi connectivity index (χ1v) is 7.79. The van der Waals surface area contributed by atoms with Gasteiger partial charge in [-0.2, -0.15) is 0 Å². The van der Waals surface area contributed by atoms with Gasteiger partial charge >= 0.3 is 0 Å². The van der Waals surface area contributed by atoms with Gasteiger partial charge in [0.1, 0.15) is 5.82 Å². The largest absolute Gasteiger partial charge is 0.306 e. The molecule has 4 heteroatoms. The molecule has 1 N–H and O–H groups in total. The molecule has 2 aromatic heterocycles. The summed E-state index contributed by atoms with van der Waals surface area (Å²) >= 11 is 1.63. The van der Waals surface area contributed by atoms with Crippen molar-refractivity contribution in [2.75, 3.05) is 5.32 Å². The zero-order chi connectivity index (χ0) is 14.1. The van der Waals surface area contributed by atoms with E-state index >= 15 is 0 Å². The lowest BCUT2D eigenvalue weighted by atomic mass is 9.90. The molecule has 20 heavy (non-hydrogen) atoms. The number of nitrogens with zero attached hydrogens (tertiary/aromatic N) is 1. The third kappa shape index (κ3) is 2.75. The SMILES string of the molecule is Cc1ccnc(NC(=O)c2cc3c(s2)CC[C@H](C)C3)c1. The maximum atomic E-state index is 12.3. The number of rotatable bonds is 2. The van der Waals surface area contributed by atoms with Gasteiger partial charge in [-0.05, 0) is 61.4 Å². The van der Waals surface area contributed by atoms with Crippen molar-refractivity contribution in [2.24, 2.45) is 5.92 Å². The highest BCUT2D eigenvalue weighted by Crippen LogP contribution is 2.32. The zero-order valence-corrected chi connectivity index (χ0v) is 12.6. The van der Waals surface area contributed by atoms with Gasteiger partial charge < -0.3 is 5.32 Å². The van der Waals surface area contributed by atoms with E-state index in [0.717, 1.165) is 29.2 Å². The average molecular weight is 286 g/mol. The summed E-state index contributed by atoms with van der Waals surface area (Å²) in [5.41, 5.74) is 2.45. The van der Waals surface area contributed by atoms with Crippen LogP contribution in [0.3, 0.4) is 0 Å². The van der Waals surface area contributed by atoms with Crippen molar-refractivity contribution in [2.45, 2.75) is 33.1 Å². The predicted octanol–water partition coefficient (Wildman–Crippen LogP) is 3.83. The smallest absolute Gasteiger partial charge is 0.266 e. The molecule has 3 nitrogen and oxygen atoms in total. The minimum Gasteiger partial charge on any atom is -0.306 e. The molecule has 0 spiro atoms. The number of carbonyl (C=O) groups is 1. The van der Waals surface area contributed by atoms with Crippen LogP contribution in [-0.2, 0) is 12.8 Å². The van der Waals surface area contributed by atoms with E-state index in [1.165, 1.54) is 16.9 Å². The number of aryl methyl sites for hydroxylation is 2. The summed E-state index contributed by atoms with van der Waals surface area (Å²) < 4.78 is 0. The zero-order valence-electron chi connectivity index (χ0n) is 11.8. The number of carbonyl (C=O) groups excluding carboxylic acids is 1. The molecule has 0 saturated carbocycles. The fourth-order valence-electron chi connectivity index (χ4n) is 2.60. The van der Waals surface area contributed by atoms with E-state index in [1.807, 2.05) is 19.1 Å². The monoisotopic (exact) mass is 286 g/mol. The molecule has 1 atom stereocenters. The molecular formula is C16H18N2OS. The second-order valence-corrected chi connectivity index (χ2v) is 6.72. The van der Waals surface area contributed by atoms with Gasteiger partial charge in [-0.1, -0.05) is 6.92 Å². The van der Waals surface area contributed by atoms with Crippen molar-refractivity contribution < 1.29 is 4.79 Å². The molecule has 0 aromatic carbocycles. The fraction of sp³-hybridized carbons (Fsp3) is 0.375. The van der Waals surface area contributed by atoms with E-state index in [2.05, 4.69) is 23.3 Å². The van der Waals surface area contributed by atoms with Crippen LogP contribution >= 0.6 is 11.3 Å². The highest BCUT2D eigenvalue weighted by Gasteiger charge is 2.20. The molecule has 1 aliphatic carbocycles. The van der Waals surface area contributed by atoms with Crippen LogP contribution < -0.4 is 5.32 Å². The molecule has 2 aromatic rings. The Morgan fingerprint density at radius 1 is 1.45 bits per heavy atom. The van der Waals surface area contributed by atoms with Crippen molar-refractivity contribution in [1.29, 1.82) is 0 Å². The Hall–Kier alpha value is -1.68. The summed E-state index contributed by atoms with van der Waals surface area (Å²) in [4.78, 5) is 18.6. The van der Waals surface area contributed by atoms with Gasteiger partial charge in [0.05, 0.1) is 4.88 Å². The predicted molar refractivity (Wildman–Crippen MR) is 82.4 cm³/mol. The van der Waals surface area contributed by atoms with E-state index in [4.69, 9.17) is 0 Å². The molecule has 0 aliphatic heterocycles. The van der Waals surface area contributed by atoms with Crippen molar-refractivity contribution in [3.63, 3.8) is 0 Å². The second kappa shape index (κ2) is 5.37. The number of amides is 1. The molecule has 3 rings (SSSR count).